The average Bonchev–Trinajstić information content (AvgIpc) is 3.37. The Hall–Kier alpha value is -2.80. The van der Waals surface area contributed by atoms with E-state index in [0.29, 0.717) is 10.7 Å². The summed E-state index contributed by atoms with van der Waals surface area (Å²) in [5, 5.41) is 10.6. The lowest BCUT2D eigenvalue weighted by Crippen LogP contribution is -2.40. The number of amides is 2. The van der Waals surface area contributed by atoms with Gasteiger partial charge in [0.15, 0.2) is 0 Å². The number of hydrogen-bond donors (Lipinski definition) is 2. The van der Waals surface area contributed by atoms with Crippen molar-refractivity contribution < 1.29 is 4.79 Å². The number of urea groups is 1. The zero-order valence-corrected chi connectivity index (χ0v) is 14.8. The van der Waals surface area contributed by atoms with Crippen LogP contribution in [0.5, 0.6) is 0 Å². The lowest BCUT2D eigenvalue weighted by Gasteiger charge is -2.22. The van der Waals surface area contributed by atoms with Crippen LogP contribution in [0.1, 0.15) is 25.3 Å². The SMILES string of the molecule is O=C(Nc1ccc(-n2cccn2)c(Cl)c1)NC1CCCC1n1ccnc1. The number of imidazole rings is 1. The highest BCUT2D eigenvalue weighted by Gasteiger charge is 2.29. The molecule has 3 aromatic rings. The number of carbonyl (C=O) groups excluding carboxylic acids is 1. The highest BCUT2D eigenvalue weighted by Crippen LogP contribution is 2.30. The van der Waals surface area contributed by atoms with Crippen molar-refractivity contribution in [1.82, 2.24) is 24.6 Å². The van der Waals surface area contributed by atoms with E-state index >= 15 is 0 Å². The predicted molar refractivity (Wildman–Crippen MR) is 99.6 cm³/mol. The fourth-order valence-corrected chi connectivity index (χ4v) is 3.72. The van der Waals surface area contributed by atoms with Crippen molar-refractivity contribution in [1.29, 1.82) is 0 Å². The highest BCUT2D eigenvalue weighted by molar-refractivity contribution is 6.32. The third-order valence-electron chi connectivity index (χ3n) is 4.66. The van der Waals surface area contributed by atoms with E-state index in [1.807, 2.05) is 30.6 Å². The first-order valence-electron chi connectivity index (χ1n) is 8.55. The van der Waals surface area contributed by atoms with Crippen molar-refractivity contribution in [2.45, 2.75) is 31.3 Å². The van der Waals surface area contributed by atoms with Gasteiger partial charge in [0.1, 0.15) is 0 Å². The van der Waals surface area contributed by atoms with Crippen LogP contribution in [0.4, 0.5) is 10.5 Å². The molecule has 2 aromatic heterocycles. The quantitative estimate of drug-likeness (QED) is 0.736. The van der Waals surface area contributed by atoms with E-state index in [-0.39, 0.29) is 18.1 Å². The molecule has 0 radical (unpaired) electrons. The van der Waals surface area contributed by atoms with Crippen LogP contribution in [0, 0.1) is 0 Å². The molecule has 0 bridgehead atoms. The number of carbonyl (C=O) groups is 1. The van der Waals surface area contributed by atoms with Crippen LogP contribution >= 0.6 is 11.6 Å². The summed E-state index contributed by atoms with van der Waals surface area (Å²) in [5.74, 6) is 0. The van der Waals surface area contributed by atoms with E-state index in [1.165, 1.54) is 0 Å². The molecular formula is C18H19ClN6O. The Morgan fingerprint density at radius 3 is 2.88 bits per heavy atom. The second-order valence-corrected chi connectivity index (χ2v) is 6.74. The molecule has 2 atom stereocenters. The lowest BCUT2D eigenvalue weighted by atomic mass is 10.2. The lowest BCUT2D eigenvalue weighted by molar-refractivity contribution is 0.245. The molecule has 1 fully saturated rings. The third kappa shape index (κ3) is 3.43. The summed E-state index contributed by atoms with van der Waals surface area (Å²) < 4.78 is 3.74. The molecule has 4 rings (SSSR count). The average molecular weight is 371 g/mol. The Bertz CT molecular complexity index is 877. The number of nitrogens with zero attached hydrogens (tertiary/aromatic N) is 4. The third-order valence-corrected chi connectivity index (χ3v) is 4.96. The van der Waals surface area contributed by atoms with E-state index in [9.17, 15) is 4.79 Å². The molecule has 0 saturated heterocycles. The Balaban J connectivity index is 1.41. The maximum Gasteiger partial charge on any atom is 0.319 e. The van der Waals surface area contributed by atoms with Crippen LogP contribution in [0.3, 0.4) is 0 Å². The predicted octanol–water partition coefficient (Wildman–Crippen LogP) is 3.64. The van der Waals surface area contributed by atoms with Crippen LogP contribution in [-0.2, 0) is 0 Å². The van der Waals surface area contributed by atoms with Gasteiger partial charge in [-0.25, -0.2) is 14.5 Å². The van der Waals surface area contributed by atoms with Crippen molar-refractivity contribution in [3.05, 3.63) is 60.4 Å². The van der Waals surface area contributed by atoms with Gasteiger partial charge in [-0.2, -0.15) is 5.10 Å². The van der Waals surface area contributed by atoms with Crippen molar-refractivity contribution in [3.8, 4) is 5.69 Å². The summed E-state index contributed by atoms with van der Waals surface area (Å²) in [6.45, 7) is 0. The topological polar surface area (TPSA) is 76.8 Å². The van der Waals surface area contributed by atoms with E-state index in [1.54, 1.807) is 29.5 Å². The number of anilines is 1. The normalized spacial score (nSPS) is 19.4. The zero-order valence-electron chi connectivity index (χ0n) is 14.0. The van der Waals surface area contributed by atoms with Crippen molar-refractivity contribution in [3.63, 3.8) is 0 Å². The Labute approximate surface area is 156 Å². The van der Waals surface area contributed by atoms with Crippen LogP contribution in [-0.4, -0.2) is 31.4 Å². The molecule has 26 heavy (non-hydrogen) atoms. The molecule has 0 aliphatic heterocycles. The summed E-state index contributed by atoms with van der Waals surface area (Å²) in [4.78, 5) is 16.5. The molecular weight excluding hydrogens is 352 g/mol. The van der Waals surface area contributed by atoms with Crippen LogP contribution in [0.15, 0.2) is 55.4 Å². The minimum Gasteiger partial charge on any atom is -0.333 e. The van der Waals surface area contributed by atoms with Gasteiger partial charge >= 0.3 is 6.03 Å². The van der Waals surface area contributed by atoms with E-state index < -0.39 is 0 Å². The molecule has 2 heterocycles. The van der Waals surface area contributed by atoms with Gasteiger partial charge in [-0.15, -0.1) is 0 Å². The summed E-state index contributed by atoms with van der Waals surface area (Å²) in [7, 11) is 0. The molecule has 1 saturated carbocycles. The van der Waals surface area contributed by atoms with Gasteiger partial charge in [0, 0.05) is 30.5 Å². The second-order valence-electron chi connectivity index (χ2n) is 6.33. The van der Waals surface area contributed by atoms with Crippen molar-refractivity contribution in [2.75, 3.05) is 5.32 Å². The van der Waals surface area contributed by atoms with Gasteiger partial charge in [-0.1, -0.05) is 11.6 Å². The monoisotopic (exact) mass is 370 g/mol. The Kier molecular flexibility index (Phi) is 4.62. The number of rotatable bonds is 4. The molecule has 1 aliphatic carbocycles. The molecule has 0 spiro atoms. The molecule has 7 nitrogen and oxygen atoms in total. The number of benzene rings is 1. The van der Waals surface area contributed by atoms with E-state index in [4.69, 9.17) is 11.6 Å². The molecule has 8 heteroatoms. The number of halogens is 1. The second kappa shape index (κ2) is 7.21. The maximum absolute atomic E-state index is 12.4. The van der Waals surface area contributed by atoms with E-state index in [2.05, 4.69) is 25.3 Å². The molecule has 1 aromatic carbocycles. The summed E-state index contributed by atoms with van der Waals surface area (Å²) in [6, 6.07) is 7.29. The highest BCUT2D eigenvalue weighted by atomic mass is 35.5. The molecule has 2 unspecified atom stereocenters. The van der Waals surface area contributed by atoms with Crippen molar-refractivity contribution in [2.24, 2.45) is 0 Å². The van der Waals surface area contributed by atoms with Gasteiger partial charge in [-0.3, -0.25) is 0 Å². The number of hydrogen-bond acceptors (Lipinski definition) is 3. The molecule has 134 valence electrons. The van der Waals surface area contributed by atoms with Crippen molar-refractivity contribution >= 4 is 23.3 Å². The van der Waals surface area contributed by atoms with Crippen LogP contribution < -0.4 is 10.6 Å². The fraction of sp³-hybridized carbons (Fsp3) is 0.278. The largest absolute Gasteiger partial charge is 0.333 e. The number of nitrogens with one attached hydrogen (secondary N) is 2. The van der Waals surface area contributed by atoms with Gasteiger partial charge in [0.25, 0.3) is 0 Å². The summed E-state index contributed by atoms with van der Waals surface area (Å²) >= 11 is 6.32. The Morgan fingerprint density at radius 1 is 1.23 bits per heavy atom. The van der Waals surface area contributed by atoms with Gasteiger partial charge in [0.05, 0.1) is 29.1 Å². The zero-order chi connectivity index (χ0) is 17.9. The Morgan fingerprint density at radius 2 is 2.15 bits per heavy atom. The maximum atomic E-state index is 12.4. The van der Waals surface area contributed by atoms with Crippen LogP contribution in [0.25, 0.3) is 5.69 Å². The first kappa shape index (κ1) is 16.7. The van der Waals surface area contributed by atoms with Crippen LogP contribution in [0.2, 0.25) is 5.02 Å². The molecule has 2 N–H and O–H groups in total. The molecule has 2 amide bonds. The number of aromatic nitrogens is 4. The first-order valence-corrected chi connectivity index (χ1v) is 8.93. The molecule has 1 aliphatic rings. The van der Waals surface area contributed by atoms with Gasteiger partial charge in [0.2, 0.25) is 0 Å². The minimum absolute atomic E-state index is 0.0861. The standard InChI is InChI=1S/C18H19ClN6O/c19-14-11-13(5-6-16(14)25-9-2-7-21-25)22-18(26)23-15-3-1-4-17(15)24-10-8-20-12-24/h2,5-12,15,17H,1,3-4H2,(H2,22,23,26). The van der Waals surface area contributed by atoms with Gasteiger partial charge < -0.3 is 15.2 Å². The fourth-order valence-electron chi connectivity index (χ4n) is 3.45. The first-order chi connectivity index (χ1) is 12.7. The summed E-state index contributed by atoms with van der Waals surface area (Å²) in [6.07, 6.45) is 12.1. The summed E-state index contributed by atoms with van der Waals surface area (Å²) in [5.41, 5.74) is 1.40. The van der Waals surface area contributed by atoms with Gasteiger partial charge in [-0.05, 0) is 43.5 Å². The minimum atomic E-state index is -0.232. The smallest absolute Gasteiger partial charge is 0.319 e. The van der Waals surface area contributed by atoms with E-state index in [0.717, 1.165) is 24.9 Å².